The Balaban J connectivity index is 0.799. The third-order valence-corrected chi connectivity index (χ3v) is 13.5. The number of furan rings is 1. The van der Waals surface area contributed by atoms with E-state index in [1.165, 1.54) is 11.0 Å². The van der Waals surface area contributed by atoms with E-state index >= 15 is 8.78 Å². The van der Waals surface area contributed by atoms with Gasteiger partial charge in [0.25, 0.3) is 5.91 Å². The molecule has 0 radical (unpaired) electrons. The monoisotopic (exact) mass is 885 g/mol. The predicted octanol–water partition coefficient (Wildman–Crippen LogP) is 2.57. The number of aryl methyl sites for hydroxylation is 1. The minimum atomic E-state index is -1.22. The Morgan fingerprint density at radius 1 is 1.02 bits per heavy atom. The summed E-state index contributed by atoms with van der Waals surface area (Å²) >= 11 is 0. The molecule has 7 heterocycles. The number of aromatic nitrogens is 3. The first-order chi connectivity index (χ1) is 30.9. The van der Waals surface area contributed by atoms with Gasteiger partial charge in [-0.2, -0.15) is 0 Å². The molecule has 19 heteroatoms. The number of fused-ring (bicyclic) bond motifs is 1. The molecule has 3 unspecified atom stereocenters. The molecule has 9 rings (SSSR count). The van der Waals surface area contributed by atoms with Crippen LogP contribution in [0.4, 0.5) is 25.8 Å². The van der Waals surface area contributed by atoms with Crippen molar-refractivity contribution in [2.24, 2.45) is 5.92 Å². The summed E-state index contributed by atoms with van der Waals surface area (Å²) in [5.74, 6) is -1.04. The van der Waals surface area contributed by atoms with Crippen molar-refractivity contribution in [2.75, 3.05) is 94.7 Å². The van der Waals surface area contributed by atoms with Crippen molar-refractivity contribution in [2.45, 2.75) is 69.4 Å². The Kier molecular flexibility index (Phi) is 12.6. The smallest absolute Gasteiger partial charge is 0.289 e. The molecule has 0 saturated carbocycles. The zero-order valence-corrected chi connectivity index (χ0v) is 36.3. The number of alkyl halides is 1. The number of likely N-dealkylation sites (tertiary alicyclic amines) is 1. The molecule has 5 aliphatic rings. The first-order valence-corrected chi connectivity index (χ1v) is 22.3. The fourth-order valence-electron chi connectivity index (χ4n) is 9.78. The van der Waals surface area contributed by atoms with Gasteiger partial charge >= 0.3 is 0 Å². The van der Waals surface area contributed by atoms with Crippen LogP contribution in [0.2, 0.25) is 0 Å². The summed E-state index contributed by atoms with van der Waals surface area (Å²) in [5, 5.41) is 35.5. The highest BCUT2D eigenvalue weighted by molar-refractivity contribution is 6.01. The molecular formula is C45H57F2N11O6. The highest BCUT2D eigenvalue weighted by Gasteiger charge is 2.42. The molecule has 5 atom stereocenters. The van der Waals surface area contributed by atoms with Crippen molar-refractivity contribution in [3.8, 4) is 0 Å². The maximum Gasteiger partial charge on any atom is 0.289 e. The zero-order valence-electron chi connectivity index (χ0n) is 36.3. The van der Waals surface area contributed by atoms with E-state index in [2.05, 4.69) is 36.8 Å². The fraction of sp³-hybridized carbons (Fsp3) is 0.533. The van der Waals surface area contributed by atoms with E-state index in [1.54, 1.807) is 54.3 Å². The molecule has 0 spiro atoms. The lowest BCUT2D eigenvalue weighted by Crippen LogP contribution is -2.61. The number of piperidine rings is 2. The van der Waals surface area contributed by atoms with Crippen LogP contribution in [0.25, 0.3) is 16.5 Å². The molecule has 342 valence electrons. The topological polar surface area (TPSA) is 179 Å². The van der Waals surface area contributed by atoms with Gasteiger partial charge in [0.15, 0.2) is 11.3 Å². The number of piperazine rings is 1. The number of aliphatic hydroxyl groups excluding tert-OH is 2. The number of aliphatic hydroxyl groups is 2. The van der Waals surface area contributed by atoms with Crippen LogP contribution in [0, 0.1) is 11.7 Å². The van der Waals surface area contributed by atoms with E-state index in [9.17, 15) is 24.6 Å². The Hall–Kier alpha value is -5.63. The summed E-state index contributed by atoms with van der Waals surface area (Å²) in [5.41, 5.74) is 4.32. The zero-order chi connectivity index (χ0) is 44.6. The lowest BCUT2D eigenvalue weighted by Gasteiger charge is -2.47. The molecule has 5 aliphatic heterocycles. The number of halogens is 2. The van der Waals surface area contributed by atoms with Crippen molar-refractivity contribution in [1.82, 2.24) is 39.9 Å². The Labute approximate surface area is 370 Å². The second-order valence-corrected chi connectivity index (χ2v) is 17.9. The summed E-state index contributed by atoms with van der Waals surface area (Å²) in [6, 6.07) is 9.94. The molecule has 4 saturated heterocycles. The van der Waals surface area contributed by atoms with Gasteiger partial charge in [0.05, 0.1) is 36.1 Å². The molecule has 2 aromatic carbocycles. The van der Waals surface area contributed by atoms with Gasteiger partial charge < -0.3 is 44.9 Å². The van der Waals surface area contributed by atoms with Crippen molar-refractivity contribution in [3.63, 3.8) is 0 Å². The number of carbonyl (C=O) groups excluding carboxylic acids is 3. The van der Waals surface area contributed by atoms with Gasteiger partial charge in [0, 0.05) is 116 Å². The fourth-order valence-corrected chi connectivity index (χ4v) is 9.78. The molecule has 4 fully saturated rings. The minimum Gasteiger partial charge on any atom is -0.449 e. The number of nitrogens with zero attached hydrogens (tertiary/aromatic N) is 9. The van der Waals surface area contributed by atoms with Crippen LogP contribution in [0.3, 0.4) is 0 Å². The first-order valence-electron chi connectivity index (χ1n) is 22.3. The van der Waals surface area contributed by atoms with Crippen molar-refractivity contribution in [3.05, 3.63) is 72.0 Å². The van der Waals surface area contributed by atoms with Gasteiger partial charge in [-0.05, 0) is 66.8 Å². The molecule has 0 bridgehead atoms. The number of hydrogen-bond acceptors (Lipinski definition) is 13. The van der Waals surface area contributed by atoms with Crippen LogP contribution in [0.1, 0.15) is 48.2 Å². The SMILES string of the molecule is CN(C)C(=O)c1cc2cc(C3=CCCN(C(O)CCn4ccnn4)C3)cc(N3CC(C(=O)N4CC[C@@H](N5CCN(c6ccc(NC7CCC(=O)NC7O)cc6F)CC5)[C@@H](F)C4)C3)c2o1. The highest BCUT2D eigenvalue weighted by Crippen LogP contribution is 2.39. The van der Waals surface area contributed by atoms with Crippen molar-refractivity contribution in [1.29, 1.82) is 0 Å². The number of rotatable bonds is 12. The average molecular weight is 886 g/mol. The normalized spacial score (nSPS) is 24.3. The largest absolute Gasteiger partial charge is 0.449 e. The van der Waals surface area contributed by atoms with E-state index < -0.39 is 30.5 Å². The predicted molar refractivity (Wildman–Crippen MR) is 236 cm³/mol. The lowest BCUT2D eigenvalue weighted by atomic mass is 9.93. The van der Waals surface area contributed by atoms with E-state index in [1.807, 2.05) is 21.9 Å². The Bertz CT molecular complexity index is 2360. The second-order valence-electron chi connectivity index (χ2n) is 17.9. The van der Waals surface area contributed by atoms with E-state index in [-0.39, 0.29) is 48.4 Å². The average Bonchev–Trinajstić information content (AvgIpc) is 3.97. The summed E-state index contributed by atoms with van der Waals surface area (Å²) in [4.78, 5) is 49.8. The van der Waals surface area contributed by atoms with Gasteiger partial charge in [-0.15, -0.1) is 5.10 Å². The Morgan fingerprint density at radius 2 is 1.83 bits per heavy atom. The number of carbonyl (C=O) groups is 3. The molecule has 4 aromatic rings. The number of nitrogens with one attached hydrogen (secondary N) is 2. The second kappa shape index (κ2) is 18.5. The van der Waals surface area contributed by atoms with Gasteiger partial charge in [0.1, 0.15) is 24.4 Å². The van der Waals surface area contributed by atoms with Gasteiger partial charge in [-0.1, -0.05) is 11.3 Å². The summed E-state index contributed by atoms with van der Waals surface area (Å²) in [6.45, 7) is 5.28. The third kappa shape index (κ3) is 9.16. The van der Waals surface area contributed by atoms with E-state index in [4.69, 9.17) is 4.42 Å². The molecule has 64 heavy (non-hydrogen) atoms. The molecule has 3 amide bonds. The summed E-state index contributed by atoms with van der Waals surface area (Å²) in [6.07, 6.45) is 5.11. The highest BCUT2D eigenvalue weighted by atomic mass is 19.1. The quantitative estimate of drug-likeness (QED) is 0.163. The van der Waals surface area contributed by atoms with Gasteiger partial charge in [-0.3, -0.25) is 28.9 Å². The van der Waals surface area contributed by atoms with Crippen LogP contribution >= 0.6 is 0 Å². The van der Waals surface area contributed by atoms with Gasteiger partial charge in [-0.25, -0.2) is 8.78 Å². The number of amides is 3. The molecule has 4 N–H and O–H groups in total. The number of benzene rings is 2. The maximum absolute atomic E-state index is 16.0. The standard InChI is InChI=1S/C45H57F2N11O6/c1-52(2)45(63)39-22-30-20-29(28-4-3-12-55(24-28)41(60)10-14-58-15-11-48-51-58)21-38(42(30)64-39)57-25-31(26-57)44(62)56-13-9-37(34(47)27-56)54-18-16-53(17-19-54)36-7-5-32(23-33(36)46)49-35-6-8-40(59)50-43(35)61/h4-5,7,11,15,20-23,31,34-35,37,41,43,49,60-61H,3,6,8-10,12-14,16-19,24-27H2,1-2H3,(H,50,59)/t34-,35?,37+,41?,43?/m0/s1. The van der Waals surface area contributed by atoms with Crippen LogP contribution in [0.5, 0.6) is 0 Å². The van der Waals surface area contributed by atoms with Crippen LogP contribution in [-0.2, 0) is 16.1 Å². The Morgan fingerprint density at radius 3 is 2.55 bits per heavy atom. The van der Waals surface area contributed by atoms with Gasteiger partial charge in [0.2, 0.25) is 11.8 Å². The number of anilines is 3. The van der Waals surface area contributed by atoms with E-state index in [0.29, 0.717) is 102 Å². The van der Waals surface area contributed by atoms with Crippen molar-refractivity contribution >= 4 is 51.3 Å². The molecular weight excluding hydrogens is 829 g/mol. The lowest BCUT2D eigenvalue weighted by molar-refractivity contribution is -0.140. The molecule has 17 nitrogen and oxygen atoms in total. The summed E-state index contributed by atoms with van der Waals surface area (Å²) < 4.78 is 39.3. The van der Waals surface area contributed by atoms with E-state index in [0.717, 1.165) is 28.6 Å². The first kappa shape index (κ1) is 43.6. The minimum absolute atomic E-state index is 0.0198. The summed E-state index contributed by atoms with van der Waals surface area (Å²) in [7, 11) is 3.35. The third-order valence-electron chi connectivity index (χ3n) is 13.5. The van der Waals surface area contributed by atoms with Crippen LogP contribution in [0.15, 0.2) is 59.3 Å². The number of hydrogen-bond donors (Lipinski definition) is 4. The molecule has 0 aliphatic carbocycles. The van der Waals surface area contributed by atoms with Crippen LogP contribution in [-0.4, -0.2) is 173 Å². The van der Waals surface area contributed by atoms with Crippen molar-refractivity contribution < 1.29 is 37.8 Å². The molecule has 2 aromatic heterocycles. The van der Waals surface area contributed by atoms with Crippen LogP contribution < -0.4 is 20.4 Å². The maximum atomic E-state index is 16.0.